The molecule has 1 amide bonds. The molecule has 1 aromatic rings. The van der Waals surface area contributed by atoms with Gasteiger partial charge in [-0.25, -0.2) is 4.79 Å². The maximum Gasteiger partial charge on any atom is 0.350 e. The van der Waals surface area contributed by atoms with E-state index in [0.717, 1.165) is 25.7 Å². The molecular weight excluding hydrogens is 326 g/mol. The first-order chi connectivity index (χ1) is 11.5. The molecule has 6 heteroatoms. The molecule has 0 aromatic carbocycles. The van der Waals surface area contributed by atoms with Gasteiger partial charge >= 0.3 is 5.97 Å². The van der Waals surface area contributed by atoms with Crippen molar-refractivity contribution in [1.82, 2.24) is 0 Å². The highest BCUT2D eigenvalue weighted by Crippen LogP contribution is 2.34. The van der Waals surface area contributed by atoms with E-state index >= 15 is 0 Å². The molecular formula is C18H27NO4S. The average molecular weight is 353 g/mol. The normalized spacial score (nSPS) is 22.0. The molecule has 1 atom stereocenters. The van der Waals surface area contributed by atoms with Gasteiger partial charge in [0.2, 0.25) is 5.91 Å². The molecule has 0 N–H and O–H groups in total. The van der Waals surface area contributed by atoms with Crippen molar-refractivity contribution < 1.29 is 19.1 Å². The van der Waals surface area contributed by atoms with Crippen LogP contribution in [0.15, 0.2) is 11.4 Å². The highest BCUT2D eigenvalue weighted by Gasteiger charge is 2.33. The smallest absolute Gasteiger partial charge is 0.350 e. The van der Waals surface area contributed by atoms with Gasteiger partial charge in [-0.3, -0.25) is 4.79 Å². The van der Waals surface area contributed by atoms with Crippen molar-refractivity contribution in [2.75, 3.05) is 25.7 Å². The molecule has 1 aliphatic rings. The third kappa shape index (κ3) is 4.16. The summed E-state index contributed by atoms with van der Waals surface area (Å²) in [5.74, 6) is 0.395. The number of hydrogen-bond donors (Lipinski definition) is 0. The standard InChI is InChI=1S/C18H27NO4S/c1-12-5-7-14(8-6-12)17(20)19(13(2)11-22-3)15-9-10-24-16(15)18(21)23-4/h9-10,12-14H,5-8,11H2,1-4H3/t12-,13?,14-. The first kappa shape index (κ1) is 18.9. The summed E-state index contributed by atoms with van der Waals surface area (Å²) < 4.78 is 10.1. The molecule has 1 aliphatic carbocycles. The molecule has 0 aliphatic heterocycles. The minimum absolute atomic E-state index is 0.0194. The third-order valence-electron chi connectivity index (χ3n) is 4.73. The van der Waals surface area contributed by atoms with Gasteiger partial charge in [-0.15, -0.1) is 11.3 Å². The lowest BCUT2D eigenvalue weighted by Gasteiger charge is -2.34. The minimum Gasteiger partial charge on any atom is -0.465 e. The fourth-order valence-corrected chi connectivity index (χ4v) is 4.13. The summed E-state index contributed by atoms with van der Waals surface area (Å²) in [4.78, 5) is 27.5. The molecule has 1 saturated carbocycles. The second kappa shape index (κ2) is 8.62. The maximum absolute atomic E-state index is 13.2. The van der Waals surface area contributed by atoms with Gasteiger partial charge in [0, 0.05) is 13.0 Å². The first-order valence-electron chi connectivity index (χ1n) is 8.47. The second-order valence-corrected chi connectivity index (χ2v) is 7.51. The molecule has 134 valence electrons. The molecule has 0 bridgehead atoms. The number of carbonyl (C=O) groups excluding carboxylic acids is 2. The van der Waals surface area contributed by atoms with E-state index in [2.05, 4.69) is 6.92 Å². The average Bonchev–Trinajstić information content (AvgIpc) is 3.04. The van der Waals surface area contributed by atoms with Crippen molar-refractivity contribution in [2.45, 2.75) is 45.6 Å². The van der Waals surface area contributed by atoms with E-state index in [1.165, 1.54) is 18.4 Å². The summed E-state index contributed by atoms with van der Waals surface area (Å²) in [7, 11) is 2.98. The van der Waals surface area contributed by atoms with Crippen LogP contribution in [-0.2, 0) is 14.3 Å². The van der Waals surface area contributed by atoms with Crippen LogP contribution in [0.3, 0.4) is 0 Å². The fraction of sp³-hybridized carbons (Fsp3) is 0.667. The van der Waals surface area contributed by atoms with Gasteiger partial charge in [-0.05, 0) is 50.0 Å². The lowest BCUT2D eigenvalue weighted by molar-refractivity contribution is -0.124. The zero-order chi connectivity index (χ0) is 17.7. The predicted octanol–water partition coefficient (Wildman–Crippen LogP) is 3.73. The van der Waals surface area contributed by atoms with Crippen molar-refractivity contribution in [3.8, 4) is 0 Å². The van der Waals surface area contributed by atoms with Crippen LogP contribution in [-0.4, -0.2) is 38.7 Å². The van der Waals surface area contributed by atoms with Crippen LogP contribution in [0.2, 0.25) is 0 Å². The molecule has 1 heterocycles. The van der Waals surface area contributed by atoms with E-state index in [-0.39, 0.29) is 17.9 Å². The van der Waals surface area contributed by atoms with Crippen LogP contribution >= 0.6 is 11.3 Å². The number of esters is 1. The van der Waals surface area contributed by atoms with Crippen LogP contribution in [0.25, 0.3) is 0 Å². The molecule has 1 aromatic heterocycles. The molecule has 0 saturated heterocycles. The van der Waals surface area contributed by atoms with Gasteiger partial charge in [0.25, 0.3) is 0 Å². The Kier molecular flexibility index (Phi) is 6.80. The Labute approximate surface area is 147 Å². The van der Waals surface area contributed by atoms with E-state index in [0.29, 0.717) is 23.1 Å². The van der Waals surface area contributed by atoms with Crippen LogP contribution in [0, 0.1) is 11.8 Å². The number of hydrogen-bond acceptors (Lipinski definition) is 5. The van der Waals surface area contributed by atoms with E-state index in [1.54, 1.807) is 12.0 Å². The lowest BCUT2D eigenvalue weighted by atomic mass is 9.82. The summed E-state index contributed by atoms with van der Waals surface area (Å²) in [6.45, 7) is 4.61. The first-order valence-corrected chi connectivity index (χ1v) is 9.35. The van der Waals surface area contributed by atoms with E-state index in [1.807, 2.05) is 18.4 Å². The number of rotatable bonds is 6. The van der Waals surface area contributed by atoms with E-state index in [4.69, 9.17) is 9.47 Å². The number of thiophene rings is 1. The number of nitrogens with zero attached hydrogens (tertiary/aromatic N) is 1. The molecule has 24 heavy (non-hydrogen) atoms. The van der Waals surface area contributed by atoms with Crippen LogP contribution < -0.4 is 4.90 Å². The van der Waals surface area contributed by atoms with Gasteiger partial charge < -0.3 is 14.4 Å². The van der Waals surface area contributed by atoms with Crippen molar-refractivity contribution in [1.29, 1.82) is 0 Å². The van der Waals surface area contributed by atoms with Gasteiger partial charge in [-0.1, -0.05) is 6.92 Å². The Morgan fingerprint density at radius 3 is 2.54 bits per heavy atom. The largest absolute Gasteiger partial charge is 0.465 e. The Balaban J connectivity index is 2.30. The number of ether oxygens (including phenoxy) is 2. The Hall–Kier alpha value is -1.40. The topological polar surface area (TPSA) is 55.8 Å². The monoisotopic (exact) mass is 353 g/mol. The van der Waals surface area contributed by atoms with Crippen LogP contribution in [0.4, 0.5) is 5.69 Å². The molecule has 0 radical (unpaired) electrons. The SMILES string of the molecule is COCC(C)N(c1ccsc1C(=O)OC)C(=O)[C@H]1CC[C@H](C)CC1. The number of carbonyl (C=O) groups is 2. The van der Waals surface area contributed by atoms with Gasteiger partial charge in [0.05, 0.1) is 25.4 Å². The third-order valence-corrected chi connectivity index (χ3v) is 5.61. The number of amides is 1. The van der Waals surface area contributed by atoms with Gasteiger partial charge in [0.15, 0.2) is 0 Å². The summed E-state index contributed by atoms with van der Waals surface area (Å²) in [5.41, 5.74) is 0.639. The summed E-state index contributed by atoms with van der Waals surface area (Å²) in [6.07, 6.45) is 3.98. The van der Waals surface area contributed by atoms with Crippen LogP contribution in [0.1, 0.15) is 49.2 Å². The summed E-state index contributed by atoms with van der Waals surface area (Å²) >= 11 is 1.30. The van der Waals surface area contributed by atoms with Crippen molar-refractivity contribution in [3.05, 3.63) is 16.3 Å². The number of methoxy groups -OCH3 is 2. The summed E-state index contributed by atoms with van der Waals surface area (Å²) in [5, 5.41) is 1.82. The highest BCUT2D eigenvalue weighted by atomic mass is 32.1. The van der Waals surface area contributed by atoms with Crippen molar-refractivity contribution >= 4 is 28.9 Å². The quantitative estimate of drug-likeness (QED) is 0.731. The van der Waals surface area contributed by atoms with Crippen molar-refractivity contribution in [2.24, 2.45) is 11.8 Å². The molecule has 0 spiro atoms. The second-order valence-electron chi connectivity index (χ2n) is 6.60. The van der Waals surface area contributed by atoms with E-state index < -0.39 is 5.97 Å². The lowest BCUT2D eigenvalue weighted by Crippen LogP contribution is -2.45. The Morgan fingerprint density at radius 1 is 1.29 bits per heavy atom. The molecule has 1 fully saturated rings. The predicted molar refractivity (Wildman–Crippen MR) is 95.6 cm³/mol. The highest BCUT2D eigenvalue weighted by molar-refractivity contribution is 7.12. The fourth-order valence-electron chi connectivity index (χ4n) is 3.33. The summed E-state index contributed by atoms with van der Waals surface area (Å²) in [6, 6.07) is 1.69. The van der Waals surface area contributed by atoms with Crippen LogP contribution in [0.5, 0.6) is 0 Å². The molecule has 1 unspecified atom stereocenters. The Bertz CT molecular complexity index is 563. The zero-order valence-electron chi connectivity index (χ0n) is 14.9. The zero-order valence-corrected chi connectivity index (χ0v) is 15.7. The van der Waals surface area contributed by atoms with Gasteiger partial charge in [0.1, 0.15) is 4.88 Å². The minimum atomic E-state index is -0.403. The number of anilines is 1. The van der Waals surface area contributed by atoms with Gasteiger partial charge in [-0.2, -0.15) is 0 Å². The van der Waals surface area contributed by atoms with E-state index in [9.17, 15) is 9.59 Å². The molecule has 2 rings (SSSR count). The molecule has 5 nitrogen and oxygen atoms in total. The Morgan fingerprint density at radius 2 is 1.96 bits per heavy atom. The van der Waals surface area contributed by atoms with Crippen molar-refractivity contribution in [3.63, 3.8) is 0 Å². The maximum atomic E-state index is 13.2.